The summed E-state index contributed by atoms with van der Waals surface area (Å²) < 4.78 is 27.7. The average molecular weight is 492 g/mol. The van der Waals surface area contributed by atoms with E-state index in [-0.39, 0.29) is 22.5 Å². The van der Waals surface area contributed by atoms with Crippen molar-refractivity contribution < 1.29 is 22.8 Å². The Hall–Kier alpha value is -3.98. The van der Waals surface area contributed by atoms with E-state index in [0.717, 1.165) is 17.7 Å². The van der Waals surface area contributed by atoms with Crippen LogP contribution in [0.5, 0.6) is 0 Å². The number of ketones is 1. The number of nitrogens with zero attached hydrogens (tertiary/aromatic N) is 1. The monoisotopic (exact) mass is 491 g/mol. The second-order valence-electron chi connectivity index (χ2n) is 8.37. The first-order chi connectivity index (χ1) is 16.6. The molecule has 0 saturated carbocycles. The van der Waals surface area contributed by atoms with Crippen LogP contribution in [0.2, 0.25) is 0 Å². The fourth-order valence-corrected chi connectivity index (χ4v) is 4.97. The van der Waals surface area contributed by atoms with Gasteiger partial charge in [0.2, 0.25) is 5.91 Å². The number of nitrogens with one attached hydrogen (secondary N) is 2. The first-order valence-corrected chi connectivity index (χ1v) is 12.6. The van der Waals surface area contributed by atoms with Crippen molar-refractivity contribution in [2.24, 2.45) is 0 Å². The number of aryl methyl sites for hydroxylation is 1. The Bertz CT molecular complexity index is 1400. The predicted octanol–water partition coefficient (Wildman–Crippen LogP) is 4.38. The molecule has 35 heavy (non-hydrogen) atoms. The summed E-state index contributed by atoms with van der Waals surface area (Å²) in [5, 5.41) is 2.83. The van der Waals surface area contributed by atoms with E-state index >= 15 is 0 Å². The molecule has 0 atom stereocenters. The molecule has 180 valence electrons. The SMILES string of the molecule is CC(=O)c1ccc(S(=O)(=O)Nc2ccc(C(=O)Nc3ccc(N4CCCC4=O)c(C)c3)cc2)cc1. The van der Waals surface area contributed by atoms with Gasteiger partial charge in [0.05, 0.1) is 4.90 Å². The van der Waals surface area contributed by atoms with E-state index in [1.807, 2.05) is 19.1 Å². The Balaban J connectivity index is 1.42. The van der Waals surface area contributed by atoms with E-state index in [9.17, 15) is 22.8 Å². The number of hydrogen-bond donors (Lipinski definition) is 2. The zero-order valence-electron chi connectivity index (χ0n) is 19.4. The molecule has 2 N–H and O–H groups in total. The third kappa shape index (κ3) is 5.41. The van der Waals surface area contributed by atoms with Crippen molar-refractivity contribution in [3.8, 4) is 0 Å². The van der Waals surface area contributed by atoms with Gasteiger partial charge in [0, 0.05) is 41.2 Å². The molecule has 1 fully saturated rings. The lowest BCUT2D eigenvalue weighted by Crippen LogP contribution is -2.24. The maximum Gasteiger partial charge on any atom is 0.261 e. The summed E-state index contributed by atoms with van der Waals surface area (Å²) in [6, 6.07) is 17.1. The fourth-order valence-electron chi connectivity index (χ4n) is 3.91. The summed E-state index contributed by atoms with van der Waals surface area (Å²) in [4.78, 5) is 37.9. The molecule has 0 aromatic heterocycles. The van der Waals surface area contributed by atoms with Crippen LogP contribution < -0.4 is 14.9 Å². The summed E-state index contributed by atoms with van der Waals surface area (Å²) in [5.41, 5.74) is 3.41. The number of Topliss-reactive ketones (excluding diaryl/α,β-unsaturated/α-hetero) is 1. The minimum atomic E-state index is -3.85. The Morgan fingerprint density at radius 3 is 2.09 bits per heavy atom. The van der Waals surface area contributed by atoms with Gasteiger partial charge < -0.3 is 10.2 Å². The zero-order valence-corrected chi connectivity index (χ0v) is 20.2. The van der Waals surface area contributed by atoms with Crippen molar-refractivity contribution in [1.29, 1.82) is 0 Å². The minimum Gasteiger partial charge on any atom is -0.322 e. The van der Waals surface area contributed by atoms with E-state index in [2.05, 4.69) is 10.0 Å². The molecule has 0 aliphatic carbocycles. The summed E-state index contributed by atoms with van der Waals surface area (Å²) >= 11 is 0. The number of benzene rings is 3. The van der Waals surface area contributed by atoms with Crippen molar-refractivity contribution >= 4 is 44.7 Å². The lowest BCUT2D eigenvalue weighted by Gasteiger charge is -2.19. The Morgan fingerprint density at radius 2 is 1.51 bits per heavy atom. The molecular formula is C26H25N3O5S. The number of hydrogen-bond acceptors (Lipinski definition) is 5. The standard InChI is InChI=1S/C26H25N3O5S/c1-17-16-22(11-14-24(17)29-15-3-4-25(29)31)27-26(32)20-5-9-21(10-6-20)28-35(33,34)23-12-7-19(8-13-23)18(2)30/h5-14,16,28H,3-4,15H2,1-2H3,(H,27,32). The van der Waals surface area contributed by atoms with Crippen LogP contribution in [-0.2, 0) is 14.8 Å². The molecule has 0 radical (unpaired) electrons. The van der Waals surface area contributed by atoms with Gasteiger partial charge in [-0.2, -0.15) is 0 Å². The normalized spacial score (nSPS) is 13.5. The summed E-state index contributed by atoms with van der Waals surface area (Å²) in [6.07, 6.45) is 1.39. The number of carbonyl (C=O) groups is 3. The smallest absolute Gasteiger partial charge is 0.261 e. The molecule has 3 aromatic carbocycles. The van der Waals surface area contributed by atoms with E-state index in [1.165, 1.54) is 55.5 Å². The van der Waals surface area contributed by atoms with Crippen LogP contribution in [0.15, 0.2) is 71.6 Å². The molecule has 1 heterocycles. The highest BCUT2D eigenvalue weighted by Gasteiger charge is 2.23. The molecule has 2 amide bonds. The lowest BCUT2D eigenvalue weighted by atomic mass is 10.1. The van der Waals surface area contributed by atoms with Crippen LogP contribution in [0.25, 0.3) is 0 Å². The topological polar surface area (TPSA) is 113 Å². The molecule has 1 saturated heterocycles. The van der Waals surface area contributed by atoms with Gasteiger partial charge in [-0.3, -0.25) is 19.1 Å². The Labute approximate surface area is 204 Å². The van der Waals surface area contributed by atoms with E-state index in [4.69, 9.17) is 0 Å². The van der Waals surface area contributed by atoms with E-state index < -0.39 is 10.0 Å². The molecule has 0 spiro atoms. The van der Waals surface area contributed by atoms with Crippen LogP contribution >= 0.6 is 0 Å². The summed E-state index contributed by atoms with van der Waals surface area (Å²) in [5.74, 6) is -0.388. The van der Waals surface area contributed by atoms with Crippen molar-refractivity contribution in [2.75, 3.05) is 21.5 Å². The van der Waals surface area contributed by atoms with Crippen molar-refractivity contribution in [1.82, 2.24) is 0 Å². The summed E-state index contributed by atoms with van der Waals surface area (Å²) in [7, 11) is -3.85. The van der Waals surface area contributed by atoms with Gasteiger partial charge in [-0.15, -0.1) is 0 Å². The fraction of sp³-hybridized carbons (Fsp3) is 0.192. The second-order valence-corrected chi connectivity index (χ2v) is 10.1. The van der Waals surface area contributed by atoms with Crippen LogP contribution in [0.3, 0.4) is 0 Å². The van der Waals surface area contributed by atoms with Gasteiger partial charge in [0.15, 0.2) is 5.78 Å². The van der Waals surface area contributed by atoms with Gasteiger partial charge in [-0.25, -0.2) is 8.42 Å². The first kappa shape index (κ1) is 24.2. The molecule has 3 aromatic rings. The lowest BCUT2D eigenvalue weighted by molar-refractivity contribution is -0.117. The Morgan fingerprint density at radius 1 is 0.886 bits per heavy atom. The van der Waals surface area contributed by atoms with Crippen molar-refractivity contribution in [3.63, 3.8) is 0 Å². The zero-order chi connectivity index (χ0) is 25.2. The van der Waals surface area contributed by atoms with Gasteiger partial charge in [-0.05, 0) is 80.4 Å². The number of sulfonamides is 1. The van der Waals surface area contributed by atoms with Crippen LogP contribution in [0.1, 0.15) is 46.0 Å². The molecular weight excluding hydrogens is 466 g/mol. The second kappa shape index (κ2) is 9.71. The van der Waals surface area contributed by atoms with Gasteiger partial charge in [-0.1, -0.05) is 12.1 Å². The quantitative estimate of drug-likeness (QED) is 0.477. The highest BCUT2D eigenvalue weighted by Crippen LogP contribution is 2.28. The summed E-state index contributed by atoms with van der Waals surface area (Å²) in [6.45, 7) is 4.00. The van der Waals surface area contributed by atoms with Crippen LogP contribution in [0, 0.1) is 6.92 Å². The van der Waals surface area contributed by atoms with Crippen molar-refractivity contribution in [2.45, 2.75) is 31.6 Å². The van der Waals surface area contributed by atoms with Gasteiger partial charge >= 0.3 is 0 Å². The molecule has 1 aliphatic heterocycles. The molecule has 0 bridgehead atoms. The Kier molecular flexibility index (Phi) is 6.70. The number of amides is 2. The highest BCUT2D eigenvalue weighted by molar-refractivity contribution is 7.92. The molecule has 8 nitrogen and oxygen atoms in total. The molecule has 0 unspecified atom stereocenters. The van der Waals surface area contributed by atoms with E-state index in [1.54, 1.807) is 11.0 Å². The third-order valence-electron chi connectivity index (χ3n) is 5.79. The maximum atomic E-state index is 12.7. The minimum absolute atomic E-state index is 0.0266. The van der Waals surface area contributed by atoms with Crippen molar-refractivity contribution in [3.05, 3.63) is 83.4 Å². The third-order valence-corrected chi connectivity index (χ3v) is 7.19. The van der Waals surface area contributed by atoms with Gasteiger partial charge in [0.25, 0.3) is 15.9 Å². The largest absolute Gasteiger partial charge is 0.322 e. The van der Waals surface area contributed by atoms with Crippen LogP contribution in [0.4, 0.5) is 17.1 Å². The molecule has 1 aliphatic rings. The highest BCUT2D eigenvalue weighted by atomic mass is 32.2. The first-order valence-electron chi connectivity index (χ1n) is 11.1. The molecule has 4 rings (SSSR count). The number of rotatable bonds is 7. The molecule has 9 heteroatoms. The number of anilines is 3. The average Bonchev–Trinajstić information content (AvgIpc) is 3.25. The van der Waals surface area contributed by atoms with E-state index in [0.29, 0.717) is 35.5 Å². The predicted molar refractivity (Wildman–Crippen MR) is 134 cm³/mol. The van der Waals surface area contributed by atoms with Gasteiger partial charge in [0.1, 0.15) is 0 Å². The maximum absolute atomic E-state index is 12.7. The van der Waals surface area contributed by atoms with Crippen LogP contribution in [-0.4, -0.2) is 32.6 Å². The number of carbonyl (C=O) groups excluding carboxylic acids is 3.